The first-order chi connectivity index (χ1) is 9.69. The molecule has 0 saturated heterocycles. The molecule has 0 heterocycles. The van der Waals surface area contributed by atoms with Crippen LogP contribution in [0.5, 0.6) is 0 Å². The molecule has 2 aromatic carbocycles. The molecule has 0 fully saturated rings. The number of anilines is 1. The maximum atomic E-state index is 12.6. The second-order valence-electron chi connectivity index (χ2n) is 4.63. The summed E-state index contributed by atoms with van der Waals surface area (Å²) in [7, 11) is 1.67. The monoisotopic (exact) mass is 267 g/mol. The predicted octanol–water partition coefficient (Wildman–Crippen LogP) is 2.00. The third-order valence-corrected chi connectivity index (χ3v) is 3.60. The Labute approximate surface area is 116 Å². The van der Waals surface area contributed by atoms with Gasteiger partial charge in [0.15, 0.2) is 11.6 Å². The largest absolute Gasteiger partial charge is 0.392 e. The Morgan fingerprint density at radius 2 is 1.60 bits per heavy atom. The number of hydrogen-bond acceptors (Lipinski definition) is 4. The summed E-state index contributed by atoms with van der Waals surface area (Å²) in [5.74, 6) is -0.342. The number of aliphatic hydroxyl groups is 1. The van der Waals surface area contributed by atoms with Crippen LogP contribution in [0.3, 0.4) is 0 Å². The minimum atomic E-state index is -0.188. The van der Waals surface area contributed by atoms with E-state index in [0.29, 0.717) is 33.5 Å². The van der Waals surface area contributed by atoms with Crippen molar-refractivity contribution in [3.63, 3.8) is 0 Å². The Hall–Kier alpha value is -2.46. The quantitative estimate of drug-likeness (QED) is 0.745. The van der Waals surface area contributed by atoms with Crippen molar-refractivity contribution in [3.8, 4) is 0 Å². The van der Waals surface area contributed by atoms with Crippen LogP contribution < -0.4 is 5.32 Å². The van der Waals surface area contributed by atoms with Gasteiger partial charge >= 0.3 is 0 Å². The van der Waals surface area contributed by atoms with Crippen LogP contribution in [0, 0.1) is 0 Å². The summed E-state index contributed by atoms with van der Waals surface area (Å²) in [4.78, 5) is 25.1. The topological polar surface area (TPSA) is 66.4 Å². The van der Waals surface area contributed by atoms with Gasteiger partial charge in [0, 0.05) is 29.3 Å². The van der Waals surface area contributed by atoms with Crippen LogP contribution in [0.1, 0.15) is 37.4 Å². The standard InChI is InChI=1S/C16H13NO3/c1-17-14-9(8-18)6-7-12-13(14)16(20)11-5-3-2-4-10(11)15(12)19/h2-7,17-18H,8H2,1H3. The molecule has 2 aromatic rings. The van der Waals surface area contributed by atoms with Gasteiger partial charge in [0.25, 0.3) is 0 Å². The molecule has 2 N–H and O–H groups in total. The average Bonchev–Trinajstić information content (AvgIpc) is 2.51. The lowest BCUT2D eigenvalue weighted by atomic mass is 9.82. The van der Waals surface area contributed by atoms with Crippen molar-refractivity contribution in [1.29, 1.82) is 0 Å². The van der Waals surface area contributed by atoms with Gasteiger partial charge in [-0.25, -0.2) is 0 Å². The van der Waals surface area contributed by atoms with E-state index in [1.807, 2.05) is 0 Å². The minimum absolute atomic E-state index is 0.156. The summed E-state index contributed by atoms with van der Waals surface area (Å²) in [6, 6.07) is 10.1. The molecule has 0 spiro atoms. The van der Waals surface area contributed by atoms with Crippen molar-refractivity contribution in [3.05, 3.63) is 64.2 Å². The lowest BCUT2D eigenvalue weighted by Gasteiger charge is -2.21. The normalized spacial score (nSPS) is 12.9. The van der Waals surface area contributed by atoms with E-state index in [1.54, 1.807) is 43.4 Å². The van der Waals surface area contributed by atoms with E-state index in [0.717, 1.165) is 0 Å². The zero-order valence-electron chi connectivity index (χ0n) is 10.9. The fourth-order valence-electron chi connectivity index (χ4n) is 2.65. The number of hydrogen-bond donors (Lipinski definition) is 2. The molecule has 0 bridgehead atoms. The van der Waals surface area contributed by atoms with E-state index in [1.165, 1.54) is 0 Å². The molecule has 0 aliphatic heterocycles. The second-order valence-corrected chi connectivity index (χ2v) is 4.63. The number of carbonyl (C=O) groups excluding carboxylic acids is 2. The Bertz CT molecular complexity index is 734. The van der Waals surface area contributed by atoms with Crippen LogP contribution in [0.2, 0.25) is 0 Å². The van der Waals surface area contributed by atoms with Crippen LogP contribution in [-0.4, -0.2) is 23.7 Å². The number of carbonyl (C=O) groups is 2. The number of ketones is 2. The van der Waals surface area contributed by atoms with Crippen LogP contribution in [0.4, 0.5) is 5.69 Å². The number of rotatable bonds is 2. The van der Waals surface area contributed by atoms with E-state index in [9.17, 15) is 14.7 Å². The Kier molecular flexibility index (Phi) is 2.88. The van der Waals surface area contributed by atoms with Gasteiger partial charge in [0.2, 0.25) is 0 Å². The van der Waals surface area contributed by atoms with Crippen LogP contribution in [-0.2, 0) is 6.61 Å². The molecule has 0 radical (unpaired) electrons. The first kappa shape index (κ1) is 12.6. The van der Waals surface area contributed by atoms with Gasteiger partial charge in [-0.1, -0.05) is 30.3 Å². The van der Waals surface area contributed by atoms with Crippen LogP contribution >= 0.6 is 0 Å². The number of fused-ring (bicyclic) bond motifs is 2. The molecule has 0 atom stereocenters. The van der Waals surface area contributed by atoms with Crippen LogP contribution in [0.25, 0.3) is 0 Å². The van der Waals surface area contributed by atoms with E-state index < -0.39 is 0 Å². The molecular weight excluding hydrogens is 254 g/mol. The van der Waals surface area contributed by atoms with Gasteiger partial charge in [0.05, 0.1) is 17.9 Å². The van der Waals surface area contributed by atoms with E-state index in [4.69, 9.17) is 0 Å². The smallest absolute Gasteiger partial charge is 0.196 e. The fourth-order valence-corrected chi connectivity index (χ4v) is 2.65. The summed E-state index contributed by atoms with van der Waals surface area (Å²) in [6.07, 6.45) is 0. The van der Waals surface area contributed by atoms with E-state index in [-0.39, 0.29) is 18.2 Å². The molecule has 1 aliphatic rings. The molecule has 1 aliphatic carbocycles. The van der Waals surface area contributed by atoms with Crippen molar-refractivity contribution in [2.75, 3.05) is 12.4 Å². The highest BCUT2D eigenvalue weighted by Crippen LogP contribution is 2.33. The summed E-state index contributed by atoms with van der Waals surface area (Å²) in [5.41, 5.74) is 2.71. The van der Waals surface area contributed by atoms with E-state index in [2.05, 4.69) is 5.32 Å². The Balaban J connectivity index is 2.33. The van der Waals surface area contributed by atoms with Crippen molar-refractivity contribution in [2.24, 2.45) is 0 Å². The zero-order valence-corrected chi connectivity index (χ0v) is 10.9. The predicted molar refractivity (Wildman–Crippen MR) is 75.2 cm³/mol. The molecular formula is C16H13NO3. The van der Waals surface area contributed by atoms with Gasteiger partial charge in [0.1, 0.15) is 0 Å². The highest BCUT2D eigenvalue weighted by Gasteiger charge is 2.32. The maximum absolute atomic E-state index is 12.6. The molecule has 0 unspecified atom stereocenters. The van der Waals surface area contributed by atoms with Crippen LogP contribution in [0.15, 0.2) is 36.4 Å². The zero-order chi connectivity index (χ0) is 14.3. The molecule has 0 saturated carbocycles. The average molecular weight is 267 g/mol. The third kappa shape index (κ3) is 1.58. The molecule has 100 valence electrons. The van der Waals surface area contributed by atoms with E-state index >= 15 is 0 Å². The number of aliphatic hydroxyl groups excluding tert-OH is 1. The highest BCUT2D eigenvalue weighted by atomic mass is 16.3. The summed E-state index contributed by atoms with van der Waals surface area (Å²) in [6.45, 7) is -0.188. The van der Waals surface area contributed by atoms with Gasteiger partial charge in [-0.2, -0.15) is 0 Å². The Morgan fingerprint density at radius 1 is 0.950 bits per heavy atom. The summed E-state index contributed by atoms with van der Waals surface area (Å²) in [5, 5.41) is 12.3. The Morgan fingerprint density at radius 3 is 2.20 bits per heavy atom. The van der Waals surface area contributed by atoms with Crippen molar-refractivity contribution in [2.45, 2.75) is 6.61 Å². The summed E-state index contributed by atoms with van der Waals surface area (Å²) < 4.78 is 0. The fraction of sp³-hybridized carbons (Fsp3) is 0.125. The van der Waals surface area contributed by atoms with Gasteiger partial charge in [-0.05, 0) is 6.07 Å². The summed E-state index contributed by atoms with van der Waals surface area (Å²) >= 11 is 0. The van der Waals surface area contributed by atoms with Crippen molar-refractivity contribution >= 4 is 17.3 Å². The number of benzene rings is 2. The maximum Gasteiger partial charge on any atom is 0.196 e. The first-order valence-electron chi connectivity index (χ1n) is 6.32. The molecule has 0 aromatic heterocycles. The number of nitrogens with one attached hydrogen (secondary N) is 1. The van der Waals surface area contributed by atoms with Gasteiger partial charge in [-0.15, -0.1) is 0 Å². The first-order valence-corrected chi connectivity index (χ1v) is 6.32. The second kappa shape index (κ2) is 4.58. The molecule has 4 heteroatoms. The van der Waals surface area contributed by atoms with Crippen molar-refractivity contribution < 1.29 is 14.7 Å². The lowest BCUT2D eigenvalue weighted by Crippen LogP contribution is -2.22. The molecule has 20 heavy (non-hydrogen) atoms. The SMILES string of the molecule is CNc1c(CO)ccc2c1C(=O)c1ccccc1C2=O. The molecule has 4 nitrogen and oxygen atoms in total. The lowest BCUT2D eigenvalue weighted by molar-refractivity contribution is 0.0979. The third-order valence-electron chi connectivity index (χ3n) is 3.60. The van der Waals surface area contributed by atoms with Gasteiger partial charge < -0.3 is 10.4 Å². The minimum Gasteiger partial charge on any atom is -0.392 e. The van der Waals surface area contributed by atoms with Gasteiger partial charge in [-0.3, -0.25) is 9.59 Å². The molecule has 0 amide bonds. The highest BCUT2D eigenvalue weighted by molar-refractivity contribution is 6.30. The van der Waals surface area contributed by atoms with Crippen molar-refractivity contribution in [1.82, 2.24) is 0 Å². The molecule has 3 rings (SSSR count).